The molecule has 0 aliphatic carbocycles. The van der Waals surface area contributed by atoms with E-state index in [0.29, 0.717) is 30.7 Å². The second-order valence-electron chi connectivity index (χ2n) is 7.54. The molecular formula is C27H32N2O4S. The quantitative estimate of drug-likeness (QED) is 0.229. The normalized spacial score (nSPS) is 10.9. The highest BCUT2D eigenvalue weighted by Crippen LogP contribution is 2.32. The molecule has 0 saturated heterocycles. The molecule has 1 heterocycles. The van der Waals surface area contributed by atoms with Gasteiger partial charge >= 0.3 is 0 Å². The number of thiazole rings is 1. The summed E-state index contributed by atoms with van der Waals surface area (Å²) < 4.78 is 17.0. The summed E-state index contributed by atoms with van der Waals surface area (Å²) in [5.74, 6) is 1.98. The van der Waals surface area contributed by atoms with Gasteiger partial charge in [-0.2, -0.15) is 0 Å². The van der Waals surface area contributed by atoms with Gasteiger partial charge in [-0.1, -0.05) is 19.4 Å². The summed E-state index contributed by atoms with van der Waals surface area (Å²) in [5.41, 5.74) is 2.69. The van der Waals surface area contributed by atoms with Crippen molar-refractivity contribution in [3.8, 4) is 28.5 Å². The minimum absolute atomic E-state index is 0.242. The average Bonchev–Trinajstić information content (AvgIpc) is 3.19. The number of benzene rings is 2. The van der Waals surface area contributed by atoms with Gasteiger partial charge in [0.2, 0.25) is 5.91 Å². The molecule has 0 saturated carbocycles. The van der Waals surface area contributed by atoms with Crippen molar-refractivity contribution in [1.82, 2.24) is 4.98 Å². The van der Waals surface area contributed by atoms with Crippen molar-refractivity contribution < 1.29 is 19.0 Å². The predicted molar refractivity (Wildman–Crippen MR) is 139 cm³/mol. The van der Waals surface area contributed by atoms with Crippen LogP contribution in [-0.2, 0) is 4.79 Å². The second kappa shape index (κ2) is 12.8. The third-order valence-corrected chi connectivity index (χ3v) is 5.80. The number of carbonyl (C=O) groups excluding carboxylic acids is 1. The van der Waals surface area contributed by atoms with Crippen molar-refractivity contribution in [1.29, 1.82) is 0 Å². The number of nitrogens with one attached hydrogen (secondary N) is 1. The van der Waals surface area contributed by atoms with Gasteiger partial charge in [-0.15, -0.1) is 11.3 Å². The molecular weight excluding hydrogens is 448 g/mol. The van der Waals surface area contributed by atoms with Crippen LogP contribution in [0.15, 0.2) is 48.5 Å². The molecule has 0 aliphatic heterocycles. The van der Waals surface area contributed by atoms with Crippen molar-refractivity contribution >= 4 is 28.5 Å². The lowest BCUT2D eigenvalue weighted by atomic mass is 10.1. The van der Waals surface area contributed by atoms with Crippen molar-refractivity contribution in [2.75, 3.05) is 25.1 Å². The molecule has 1 amide bonds. The van der Waals surface area contributed by atoms with Crippen LogP contribution in [-0.4, -0.2) is 30.7 Å². The largest absolute Gasteiger partial charge is 0.494 e. The number of aromatic nitrogens is 1. The summed E-state index contributed by atoms with van der Waals surface area (Å²) in [7, 11) is 0. The maximum absolute atomic E-state index is 12.5. The van der Waals surface area contributed by atoms with Gasteiger partial charge in [0.25, 0.3) is 0 Å². The van der Waals surface area contributed by atoms with Crippen molar-refractivity contribution in [2.45, 2.75) is 40.5 Å². The van der Waals surface area contributed by atoms with Crippen LogP contribution in [0.25, 0.3) is 17.3 Å². The van der Waals surface area contributed by atoms with Crippen molar-refractivity contribution in [3.05, 3.63) is 59.0 Å². The summed E-state index contributed by atoms with van der Waals surface area (Å²) in [6, 6.07) is 13.5. The van der Waals surface area contributed by atoms with E-state index in [1.165, 1.54) is 17.4 Å². The van der Waals surface area contributed by atoms with Crippen LogP contribution < -0.4 is 19.5 Å². The van der Waals surface area contributed by atoms with E-state index in [1.807, 2.05) is 63.2 Å². The first kappa shape index (κ1) is 25.3. The first-order valence-electron chi connectivity index (χ1n) is 11.6. The Morgan fingerprint density at radius 2 is 1.76 bits per heavy atom. The zero-order valence-corrected chi connectivity index (χ0v) is 21.0. The van der Waals surface area contributed by atoms with E-state index < -0.39 is 0 Å². The standard InChI is InChI=1S/C27H32N2O4S/c1-5-8-17-33-23-15-9-20(18-24(23)32-7-3)10-16-25(30)28-27-29-26(19(4)34-27)21-11-13-22(14-12-21)31-6-2/h9-16,18H,5-8,17H2,1-4H3,(H,28,29,30)/b16-10+. The van der Waals surface area contributed by atoms with Gasteiger partial charge in [0.1, 0.15) is 5.75 Å². The highest BCUT2D eigenvalue weighted by Gasteiger charge is 2.12. The van der Waals surface area contributed by atoms with Crippen LogP contribution in [0.3, 0.4) is 0 Å². The topological polar surface area (TPSA) is 69.7 Å². The van der Waals surface area contributed by atoms with Crippen LogP contribution in [0, 0.1) is 6.92 Å². The minimum Gasteiger partial charge on any atom is -0.494 e. The molecule has 3 aromatic rings. The lowest BCUT2D eigenvalue weighted by Crippen LogP contribution is -2.07. The Balaban J connectivity index is 1.65. The number of hydrogen-bond acceptors (Lipinski definition) is 6. The molecule has 7 heteroatoms. The SMILES string of the molecule is CCCCOc1ccc(/C=C/C(=O)Nc2nc(-c3ccc(OCC)cc3)c(C)s2)cc1OCC. The number of rotatable bonds is 12. The number of ether oxygens (including phenoxy) is 3. The number of nitrogens with zero attached hydrogens (tertiary/aromatic N) is 1. The number of amides is 1. The minimum atomic E-state index is -0.242. The fourth-order valence-corrected chi connectivity index (χ4v) is 4.09. The Morgan fingerprint density at radius 3 is 2.47 bits per heavy atom. The predicted octanol–water partition coefficient (Wildman–Crippen LogP) is 6.75. The highest BCUT2D eigenvalue weighted by atomic mass is 32.1. The van der Waals surface area contributed by atoms with Crippen LogP contribution >= 0.6 is 11.3 Å². The lowest BCUT2D eigenvalue weighted by molar-refractivity contribution is -0.111. The van der Waals surface area contributed by atoms with Gasteiger partial charge < -0.3 is 14.2 Å². The number of unbranched alkanes of at least 4 members (excludes halogenated alkanes) is 1. The second-order valence-corrected chi connectivity index (χ2v) is 8.75. The van der Waals surface area contributed by atoms with Crippen molar-refractivity contribution in [2.24, 2.45) is 0 Å². The highest BCUT2D eigenvalue weighted by molar-refractivity contribution is 7.16. The van der Waals surface area contributed by atoms with E-state index in [0.717, 1.165) is 46.0 Å². The maximum atomic E-state index is 12.5. The average molecular weight is 481 g/mol. The molecule has 0 spiro atoms. The van der Waals surface area contributed by atoms with Gasteiger partial charge in [0, 0.05) is 16.5 Å². The van der Waals surface area contributed by atoms with Crippen LogP contribution in [0.5, 0.6) is 17.2 Å². The molecule has 0 fully saturated rings. The molecule has 0 bridgehead atoms. The summed E-state index contributed by atoms with van der Waals surface area (Å²) >= 11 is 1.45. The molecule has 0 radical (unpaired) electrons. The molecule has 180 valence electrons. The zero-order valence-electron chi connectivity index (χ0n) is 20.2. The van der Waals surface area contributed by atoms with Gasteiger partial charge in [-0.25, -0.2) is 4.98 Å². The van der Waals surface area contributed by atoms with Gasteiger partial charge in [-0.3, -0.25) is 10.1 Å². The summed E-state index contributed by atoms with van der Waals surface area (Å²) in [6.07, 6.45) is 5.31. The van der Waals surface area contributed by atoms with Gasteiger partial charge in [0.05, 0.1) is 25.5 Å². The molecule has 2 aromatic carbocycles. The smallest absolute Gasteiger partial charge is 0.250 e. The van der Waals surface area contributed by atoms with E-state index in [1.54, 1.807) is 6.08 Å². The Labute approximate surface area is 205 Å². The van der Waals surface area contributed by atoms with E-state index in [4.69, 9.17) is 14.2 Å². The number of aryl methyl sites for hydroxylation is 1. The Kier molecular flexibility index (Phi) is 9.52. The van der Waals surface area contributed by atoms with Crippen LogP contribution in [0.4, 0.5) is 5.13 Å². The van der Waals surface area contributed by atoms with E-state index in [2.05, 4.69) is 17.2 Å². The molecule has 34 heavy (non-hydrogen) atoms. The van der Waals surface area contributed by atoms with Crippen molar-refractivity contribution in [3.63, 3.8) is 0 Å². The molecule has 3 rings (SSSR count). The lowest BCUT2D eigenvalue weighted by Gasteiger charge is -2.12. The maximum Gasteiger partial charge on any atom is 0.250 e. The Hall–Kier alpha value is -3.32. The summed E-state index contributed by atoms with van der Waals surface area (Å²) in [5, 5.41) is 3.42. The Morgan fingerprint density at radius 1 is 1.00 bits per heavy atom. The monoisotopic (exact) mass is 480 g/mol. The third-order valence-electron chi connectivity index (χ3n) is 4.92. The van der Waals surface area contributed by atoms with E-state index in [-0.39, 0.29) is 5.91 Å². The first-order valence-corrected chi connectivity index (χ1v) is 12.4. The van der Waals surface area contributed by atoms with Crippen LogP contribution in [0.2, 0.25) is 0 Å². The third kappa shape index (κ3) is 7.09. The number of anilines is 1. The molecule has 1 aromatic heterocycles. The number of carbonyl (C=O) groups is 1. The molecule has 0 unspecified atom stereocenters. The fraction of sp³-hybridized carbons (Fsp3) is 0.333. The van der Waals surface area contributed by atoms with E-state index >= 15 is 0 Å². The summed E-state index contributed by atoms with van der Waals surface area (Å²) in [4.78, 5) is 18.2. The fourth-order valence-electron chi connectivity index (χ4n) is 3.25. The van der Waals surface area contributed by atoms with Gasteiger partial charge in [0.15, 0.2) is 16.6 Å². The molecule has 0 aliphatic rings. The summed E-state index contributed by atoms with van der Waals surface area (Å²) in [6.45, 7) is 9.83. The molecule has 1 N–H and O–H groups in total. The Bertz CT molecular complexity index is 1110. The molecule has 0 atom stereocenters. The van der Waals surface area contributed by atoms with E-state index in [9.17, 15) is 4.79 Å². The van der Waals surface area contributed by atoms with Crippen LogP contribution in [0.1, 0.15) is 44.1 Å². The first-order chi connectivity index (χ1) is 16.5. The number of hydrogen-bond donors (Lipinski definition) is 1. The van der Waals surface area contributed by atoms with Gasteiger partial charge in [-0.05, 0) is 75.2 Å². The zero-order chi connectivity index (χ0) is 24.3. The molecule has 6 nitrogen and oxygen atoms in total.